The summed E-state index contributed by atoms with van der Waals surface area (Å²) in [7, 11) is 0. The molecule has 1 aromatic rings. The van der Waals surface area contributed by atoms with Crippen molar-refractivity contribution in [2.45, 2.75) is 6.92 Å². The predicted octanol–water partition coefficient (Wildman–Crippen LogP) is 0.774. The van der Waals surface area contributed by atoms with E-state index in [2.05, 4.69) is 10.4 Å². The van der Waals surface area contributed by atoms with Crippen LogP contribution >= 0.6 is 12.2 Å². The fraction of sp³-hybridized carbons (Fsp3) is 0.200. The highest BCUT2D eigenvalue weighted by Gasteiger charge is 1.84. The molecule has 0 aromatic carbocycles. The molecule has 0 aliphatic carbocycles. The maximum absolute atomic E-state index is 4.78. The van der Waals surface area contributed by atoms with Gasteiger partial charge in [-0.15, -0.1) is 0 Å². The summed E-state index contributed by atoms with van der Waals surface area (Å²) >= 11 is 4.78. The van der Waals surface area contributed by atoms with Gasteiger partial charge in [0.15, 0.2) is 0 Å². The van der Waals surface area contributed by atoms with E-state index in [1.807, 2.05) is 6.92 Å². The minimum atomic E-state index is 0.730. The minimum Gasteiger partial charge on any atom is -0.287 e. The zero-order valence-corrected chi connectivity index (χ0v) is 5.85. The molecular formula is C5H7N3S. The Morgan fingerprint density at radius 2 is 2.56 bits per heavy atom. The highest BCUT2D eigenvalue weighted by Crippen LogP contribution is 1.79. The first-order chi connectivity index (χ1) is 4.29. The number of nitrogens with one attached hydrogen (secondary N) is 1. The maximum atomic E-state index is 4.78. The molecule has 0 aliphatic rings. The first kappa shape index (κ1) is 6.22. The Kier molecular flexibility index (Phi) is 1.79. The van der Waals surface area contributed by atoms with Crippen molar-refractivity contribution in [2.75, 3.05) is 5.43 Å². The van der Waals surface area contributed by atoms with Crippen LogP contribution in [0.1, 0.15) is 6.92 Å². The molecule has 0 saturated carbocycles. The van der Waals surface area contributed by atoms with E-state index in [9.17, 15) is 0 Å². The Labute approximate surface area is 58.7 Å². The van der Waals surface area contributed by atoms with Gasteiger partial charge in [-0.2, -0.15) is 0 Å². The topological polar surface area (TPSA) is 29.9 Å². The number of hydrogen-bond acceptors (Lipinski definition) is 2. The molecule has 0 unspecified atom stereocenters. The van der Waals surface area contributed by atoms with Crippen molar-refractivity contribution in [1.82, 2.24) is 9.66 Å². The summed E-state index contributed by atoms with van der Waals surface area (Å²) in [4.78, 5) is 4.55. The standard InChI is InChI=1S/C5H7N3S/c1-5(9)7-8-3-2-6-4-8/h2-4H,1H3,(H,7,9). The average molecular weight is 141 g/mol. The highest BCUT2D eigenvalue weighted by molar-refractivity contribution is 7.80. The molecule has 0 saturated heterocycles. The van der Waals surface area contributed by atoms with E-state index in [-0.39, 0.29) is 0 Å². The second-order valence-corrected chi connectivity index (χ2v) is 2.25. The number of nitrogens with zero attached hydrogens (tertiary/aromatic N) is 2. The molecule has 0 aliphatic heterocycles. The van der Waals surface area contributed by atoms with E-state index in [1.165, 1.54) is 0 Å². The van der Waals surface area contributed by atoms with Gasteiger partial charge in [0.25, 0.3) is 0 Å². The van der Waals surface area contributed by atoms with Crippen LogP contribution in [0.3, 0.4) is 0 Å². The lowest BCUT2D eigenvalue weighted by molar-refractivity contribution is 0.976. The van der Waals surface area contributed by atoms with E-state index in [0.29, 0.717) is 0 Å². The average Bonchev–Trinajstić information content (AvgIpc) is 2.15. The smallest absolute Gasteiger partial charge is 0.114 e. The third-order valence-electron chi connectivity index (χ3n) is 0.791. The molecule has 1 heterocycles. The molecule has 0 amide bonds. The SMILES string of the molecule is CC(=S)Nn1ccnc1. The molecule has 1 aromatic heterocycles. The highest BCUT2D eigenvalue weighted by atomic mass is 32.1. The molecule has 0 spiro atoms. The van der Waals surface area contributed by atoms with Crippen LogP contribution in [0.2, 0.25) is 0 Å². The van der Waals surface area contributed by atoms with Gasteiger partial charge >= 0.3 is 0 Å². The fourth-order valence-corrected chi connectivity index (χ4v) is 0.612. The van der Waals surface area contributed by atoms with Gasteiger partial charge in [-0.3, -0.25) is 10.1 Å². The number of imidazole rings is 1. The van der Waals surface area contributed by atoms with Gasteiger partial charge in [0.2, 0.25) is 0 Å². The van der Waals surface area contributed by atoms with Crippen LogP contribution < -0.4 is 5.43 Å². The summed E-state index contributed by atoms with van der Waals surface area (Å²) in [5.41, 5.74) is 2.87. The zero-order chi connectivity index (χ0) is 6.69. The molecule has 4 heteroatoms. The zero-order valence-electron chi connectivity index (χ0n) is 5.03. The van der Waals surface area contributed by atoms with Crippen LogP contribution in [-0.4, -0.2) is 14.6 Å². The van der Waals surface area contributed by atoms with Crippen molar-refractivity contribution in [2.24, 2.45) is 0 Å². The Morgan fingerprint density at radius 1 is 1.78 bits per heavy atom. The summed E-state index contributed by atoms with van der Waals surface area (Å²) in [6, 6.07) is 0. The Balaban J connectivity index is 2.58. The second-order valence-electron chi connectivity index (χ2n) is 1.64. The van der Waals surface area contributed by atoms with E-state index < -0.39 is 0 Å². The van der Waals surface area contributed by atoms with Crippen LogP contribution in [0, 0.1) is 0 Å². The van der Waals surface area contributed by atoms with E-state index >= 15 is 0 Å². The molecule has 9 heavy (non-hydrogen) atoms. The summed E-state index contributed by atoms with van der Waals surface area (Å²) in [6.07, 6.45) is 5.12. The van der Waals surface area contributed by atoms with Gasteiger partial charge in [-0.05, 0) is 6.92 Å². The third-order valence-corrected chi connectivity index (χ3v) is 0.882. The van der Waals surface area contributed by atoms with Gasteiger partial charge in [0, 0.05) is 12.4 Å². The first-order valence-corrected chi connectivity index (χ1v) is 2.95. The van der Waals surface area contributed by atoms with Crippen molar-refractivity contribution in [3.05, 3.63) is 18.7 Å². The monoisotopic (exact) mass is 141 g/mol. The van der Waals surface area contributed by atoms with E-state index in [1.54, 1.807) is 23.4 Å². The molecular weight excluding hydrogens is 134 g/mol. The normalized spacial score (nSPS) is 9.00. The molecule has 1 N–H and O–H groups in total. The van der Waals surface area contributed by atoms with Crippen LogP contribution in [-0.2, 0) is 0 Å². The third kappa shape index (κ3) is 1.81. The summed E-state index contributed by atoms with van der Waals surface area (Å²) in [6.45, 7) is 1.81. The van der Waals surface area contributed by atoms with Crippen LogP contribution in [0.15, 0.2) is 18.7 Å². The summed E-state index contributed by atoms with van der Waals surface area (Å²) in [5, 5.41) is 0. The minimum absolute atomic E-state index is 0.730. The van der Waals surface area contributed by atoms with E-state index in [0.717, 1.165) is 4.99 Å². The summed E-state index contributed by atoms with van der Waals surface area (Å²) in [5.74, 6) is 0. The first-order valence-electron chi connectivity index (χ1n) is 2.54. The largest absolute Gasteiger partial charge is 0.287 e. The van der Waals surface area contributed by atoms with Gasteiger partial charge in [-0.1, -0.05) is 12.2 Å². The molecule has 1 rings (SSSR count). The van der Waals surface area contributed by atoms with Crippen molar-refractivity contribution >= 4 is 17.2 Å². The van der Waals surface area contributed by atoms with Gasteiger partial charge in [0.05, 0.1) is 4.99 Å². The van der Waals surface area contributed by atoms with Crippen LogP contribution in [0.25, 0.3) is 0 Å². The molecule has 0 atom stereocenters. The van der Waals surface area contributed by atoms with Crippen molar-refractivity contribution in [1.29, 1.82) is 0 Å². The summed E-state index contributed by atoms with van der Waals surface area (Å²) < 4.78 is 1.70. The van der Waals surface area contributed by atoms with Gasteiger partial charge in [-0.25, -0.2) is 4.98 Å². The number of aromatic nitrogens is 2. The fourth-order valence-electron chi connectivity index (χ4n) is 0.507. The molecule has 48 valence electrons. The van der Waals surface area contributed by atoms with Crippen molar-refractivity contribution in [3.8, 4) is 0 Å². The van der Waals surface area contributed by atoms with Crippen molar-refractivity contribution in [3.63, 3.8) is 0 Å². The van der Waals surface area contributed by atoms with Crippen LogP contribution in [0.5, 0.6) is 0 Å². The quantitative estimate of drug-likeness (QED) is 0.586. The van der Waals surface area contributed by atoms with E-state index in [4.69, 9.17) is 12.2 Å². The van der Waals surface area contributed by atoms with Crippen LogP contribution in [0.4, 0.5) is 0 Å². The predicted molar refractivity (Wildman–Crippen MR) is 39.9 cm³/mol. The molecule has 3 nitrogen and oxygen atoms in total. The lowest BCUT2D eigenvalue weighted by Gasteiger charge is -2.00. The molecule has 0 radical (unpaired) electrons. The number of thiocarbonyl (C=S) groups is 1. The van der Waals surface area contributed by atoms with Gasteiger partial charge in [0.1, 0.15) is 6.33 Å². The molecule has 0 fully saturated rings. The second kappa shape index (κ2) is 2.59. The Bertz CT molecular complexity index is 192. The van der Waals surface area contributed by atoms with Gasteiger partial charge < -0.3 is 0 Å². The van der Waals surface area contributed by atoms with Crippen molar-refractivity contribution < 1.29 is 0 Å². The Hall–Kier alpha value is -0.900. The lowest BCUT2D eigenvalue weighted by Crippen LogP contribution is -2.15. The number of rotatable bonds is 1. The number of hydrogen-bond donors (Lipinski definition) is 1. The molecule has 0 bridgehead atoms. The maximum Gasteiger partial charge on any atom is 0.114 e. The Morgan fingerprint density at radius 3 is 3.00 bits per heavy atom. The lowest BCUT2D eigenvalue weighted by atomic mass is 10.8.